The van der Waals surface area contributed by atoms with Crippen LogP contribution in [-0.4, -0.2) is 34.4 Å². The molecule has 1 atom stereocenters. The van der Waals surface area contributed by atoms with Gasteiger partial charge < -0.3 is 10.6 Å². The summed E-state index contributed by atoms with van der Waals surface area (Å²) in [6.45, 7) is 6.21. The summed E-state index contributed by atoms with van der Waals surface area (Å²) < 4.78 is 0. The minimum Gasteiger partial charge on any atom is -0.350 e. The summed E-state index contributed by atoms with van der Waals surface area (Å²) in [6.07, 6.45) is 0. The summed E-state index contributed by atoms with van der Waals surface area (Å²) in [5.74, 6) is -0.433. The molecule has 2 aromatic heterocycles. The zero-order valence-electron chi connectivity index (χ0n) is 24.4. The van der Waals surface area contributed by atoms with Gasteiger partial charge in [-0.2, -0.15) is 0 Å². The van der Waals surface area contributed by atoms with Crippen molar-refractivity contribution in [1.29, 1.82) is 0 Å². The zero-order valence-corrected chi connectivity index (χ0v) is 24.4. The Kier molecular flexibility index (Phi) is 7.67. The second-order valence-corrected chi connectivity index (χ2v) is 10.9. The SMILES string of the molecule is Cc1ccccc1-c1cc(C(=O)NCC(C)NC(=O)c2cc(-c3ccccc3C)nc3ccccc23)c2ccccc2n1. The number of fused-ring (bicyclic) bond motifs is 2. The molecular formula is C37H32N4O2. The average Bonchev–Trinajstić information content (AvgIpc) is 3.03. The van der Waals surface area contributed by atoms with Crippen LogP contribution in [0.3, 0.4) is 0 Å². The van der Waals surface area contributed by atoms with Gasteiger partial charge in [-0.15, -0.1) is 0 Å². The van der Waals surface area contributed by atoms with E-state index in [2.05, 4.69) is 10.6 Å². The molecule has 2 N–H and O–H groups in total. The smallest absolute Gasteiger partial charge is 0.252 e. The van der Waals surface area contributed by atoms with Gasteiger partial charge in [-0.05, 0) is 56.2 Å². The fourth-order valence-corrected chi connectivity index (χ4v) is 5.42. The number of nitrogens with zero attached hydrogens (tertiary/aromatic N) is 2. The van der Waals surface area contributed by atoms with E-state index in [1.54, 1.807) is 0 Å². The Morgan fingerprint density at radius 2 is 1.07 bits per heavy atom. The van der Waals surface area contributed by atoms with Gasteiger partial charge in [-0.1, -0.05) is 84.9 Å². The molecule has 0 aliphatic carbocycles. The van der Waals surface area contributed by atoms with Crippen LogP contribution in [0, 0.1) is 13.8 Å². The van der Waals surface area contributed by atoms with Crippen LogP contribution in [0.15, 0.2) is 109 Å². The Bertz CT molecular complexity index is 2000. The first kappa shape index (κ1) is 27.8. The van der Waals surface area contributed by atoms with Gasteiger partial charge in [-0.25, -0.2) is 9.97 Å². The van der Waals surface area contributed by atoms with Crippen LogP contribution in [0.25, 0.3) is 44.3 Å². The monoisotopic (exact) mass is 564 g/mol. The van der Waals surface area contributed by atoms with Crippen molar-refractivity contribution in [2.75, 3.05) is 6.54 Å². The Morgan fingerprint density at radius 1 is 0.628 bits per heavy atom. The van der Waals surface area contributed by atoms with E-state index >= 15 is 0 Å². The highest BCUT2D eigenvalue weighted by atomic mass is 16.2. The Labute approximate surface area is 250 Å². The van der Waals surface area contributed by atoms with Crippen LogP contribution in [0.4, 0.5) is 0 Å². The molecule has 0 spiro atoms. The molecule has 43 heavy (non-hydrogen) atoms. The second kappa shape index (κ2) is 11.9. The molecular weight excluding hydrogens is 532 g/mol. The number of nitrogens with one attached hydrogen (secondary N) is 2. The third kappa shape index (κ3) is 5.72. The summed E-state index contributed by atoms with van der Waals surface area (Å²) in [5.41, 5.74) is 8.23. The first-order valence-electron chi connectivity index (χ1n) is 14.4. The molecule has 212 valence electrons. The third-order valence-corrected chi connectivity index (χ3v) is 7.71. The molecule has 6 heteroatoms. The van der Waals surface area contributed by atoms with Gasteiger partial charge in [0.05, 0.1) is 33.5 Å². The van der Waals surface area contributed by atoms with E-state index in [0.29, 0.717) is 11.1 Å². The van der Waals surface area contributed by atoms with Crippen LogP contribution < -0.4 is 10.6 Å². The van der Waals surface area contributed by atoms with Crippen LogP contribution in [0.1, 0.15) is 38.8 Å². The summed E-state index contributed by atoms with van der Waals surface area (Å²) >= 11 is 0. The third-order valence-electron chi connectivity index (χ3n) is 7.71. The van der Waals surface area contributed by atoms with Gasteiger partial charge in [-0.3, -0.25) is 9.59 Å². The number of aromatic nitrogens is 2. The van der Waals surface area contributed by atoms with Crippen molar-refractivity contribution in [2.45, 2.75) is 26.8 Å². The van der Waals surface area contributed by atoms with Gasteiger partial charge in [0.15, 0.2) is 0 Å². The highest BCUT2D eigenvalue weighted by Crippen LogP contribution is 2.28. The summed E-state index contributed by atoms with van der Waals surface area (Å²) in [4.78, 5) is 36.8. The first-order chi connectivity index (χ1) is 20.9. The number of rotatable bonds is 7. The van der Waals surface area contributed by atoms with Gasteiger partial charge in [0.1, 0.15) is 0 Å². The second-order valence-electron chi connectivity index (χ2n) is 10.9. The molecule has 0 bridgehead atoms. The molecule has 0 aliphatic heterocycles. The van der Waals surface area contributed by atoms with E-state index in [9.17, 15) is 9.59 Å². The van der Waals surface area contributed by atoms with Crippen molar-refractivity contribution >= 4 is 33.6 Å². The Balaban J connectivity index is 1.23. The predicted octanol–water partition coefficient (Wildman–Crippen LogP) is 7.28. The lowest BCUT2D eigenvalue weighted by atomic mass is 10.0. The normalized spacial score (nSPS) is 11.8. The van der Waals surface area contributed by atoms with E-state index in [0.717, 1.165) is 55.4 Å². The average molecular weight is 565 g/mol. The summed E-state index contributed by atoms with van der Waals surface area (Å²) in [6, 6.07) is 34.7. The highest BCUT2D eigenvalue weighted by molar-refractivity contribution is 6.08. The molecule has 6 rings (SSSR count). The molecule has 2 amide bonds. The lowest BCUT2D eigenvalue weighted by Gasteiger charge is -2.17. The van der Waals surface area contributed by atoms with E-state index < -0.39 is 0 Å². The van der Waals surface area contributed by atoms with E-state index in [1.165, 1.54) is 0 Å². The standard InChI is InChI=1S/C37H32N4O2/c1-23-12-4-6-14-26(23)34-20-30(28-16-8-10-18-32(28)40-34)36(42)38-22-25(3)39-37(43)31-21-35(27-15-7-5-13-24(27)2)41-33-19-11-9-17-29(31)33/h4-21,25H,22H2,1-3H3,(H,38,42)(H,39,43). The molecule has 6 aromatic rings. The summed E-state index contributed by atoms with van der Waals surface area (Å²) in [5, 5.41) is 7.66. The number of hydrogen-bond acceptors (Lipinski definition) is 4. The maximum Gasteiger partial charge on any atom is 0.252 e. The minimum absolute atomic E-state index is 0.216. The molecule has 1 unspecified atom stereocenters. The van der Waals surface area contributed by atoms with E-state index in [4.69, 9.17) is 9.97 Å². The number of carbonyl (C=O) groups is 2. The molecule has 6 nitrogen and oxygen atoms in total. The molecule has 0 radical (unpaired) electrons. The fraction of sp³-hybridized carbons (Fsp3) is 0.135. The van der Waals surface area contributed by atoms with Gasteiger partial charge in [0.25, 0.3) is 11.8 Å². The number of aryl methyl sites for hydroxylation is 2. The summed E-state index contributed by atoms with van der Waals surface area (Å²) in [7, 11) is 0. The van der Waals surface area contributed by atoms with Crippen LogP contribution in [0.5, 0.6) is 0 Å². The number of pyridine rings is 2. The largest absolute Gasteiger partial charge is 0.350 e. The maximum absolute atomic E-state index is 13.6. The van der Waals surface area contributed by atoms with Crippen molar-refractivity contribution in [3.63, 3.8) is 0 Å². The van der Waals surface area contributed by atoms with Gasteiger partial charge in [0.2, 0.25) is 0 Å². The number of benzene rings is 4. The molecule has 4 aromatic carbocycles. The Morgan fingerprint density at radius 3 is 1.58 bits per heavy atom. The molecule has 2 heterocycles. The lowest BCUT2D eigenvalue weighted by Crippen LogP contribution is -2.42. The molecule has 0 saturated heterocycles. The fourth-order valence-electron chi connectivity index (χ4n) is 5.42. The van der Waals surface area contributed by atoms with Gasteiger partial charge in [0, 0.05) is 34.5 Å². The number of para-hydroxylation sites is 2. The van der Waals surface area contributed by atoms with Crippen LogP contribution in [0.2, 0.25) is 0 Å². The van der Waals surface area contributed by atoms with Crippen molar-refractivity contribution in [1.82, 2.24) is 20.6 Å². The van der Waals surface area contributed by atoms with Crippen LogP contribution in [-0.2, 0) is 0 Å². The topological polar surface area (TPSA) is 84.0 Å². The molecule has 0 saturated carbocycles. The number of amides is 2. The van der Waals surface area contributed by atoms with Crippen molar-refractivity contribution in [2.24, 2.45) is 0 Å². The molecule has 0 aliphatic rings. The quantitative estimate of drug-likeness (QED) is 0.213. The molecule has 0 fully saturated rings. The first-order valence-corrected chi connectivity index (χ1v) is 14.4. The predicted molar refractivity (Wildman–Crippen MR) is 173 cm³/mol. The van der Waals surface area contributed by atoms with Crippen LogP contribution >= 0.6 is 0 Å². The minimum atomic E-state index is -0.325. The van der Waals surface area contributed by atoms with Crippen molar-refractivity contribution in [3.8, 4) is 22.5 Å². The number of carbonyl (C=O) groups excluding carboxylic acids is 2. The zero-order chi connectivity index (χ0) is 29.9. The Hall–Kier alpha value is -5.36. The lowest BCUT2D eigenvalue weighted by molar-refractivity contribution is 0.0914. The number of hydrogen-bond donors (Lipinski definition) is 2. The van der Waals surface area contributed by atoms with Crippen molar-refractivity contribution < 1.29 is 9.59 Å². The maximum atomic E-state index is 13.6. The van der Waals surface area contributed by atoms with Crippen molar-refractivity contribution in [3.05, 3.63) is 131 Å². The highest BCUT2D eigenvalue weighted by Gasteiger charge is 2.19. The van der Waals surface area contributed by atoms with E-state index in [1.807, 2.05) is 130 Å². The van der Waals surface area contributed by atoms with Gasteiger partial charge >= 0.3 is 0 Å². The van der Waals surface area contributed by atoms with E-state index in [-0.39, 0.29) is 24.4 Å².